The standard InChI is InChI=1S/C12H21N5O3S.Na/c1-10(18)14-21(19,20)17(12-7-13-16(3)8-12)9-11-5-4-6-15(11)2;/h7-8,11H,4-6,9H2,1-3H3,(H,14,18);/t11-;/m0./s1. The molecule has 1 N–H and O–H groups in total. The molecular weight excluding hydrogens is 317 g/mol. The van der Waals surface area contributed by atoms with Crippen molar-refractivity contribution in [1.29, 1.82) is 0 Å². The summed E-state index contributed by atoms with van der Waals surface area (Å²) >= 11 is 0. The number of rotatable bonds is 5. The first kappa shape index (κ1) is 19.4. The second-order valence-electron chi connectivity index (χ2n) is 5.34. The number of nitrogens with zero attached hydrogens (tertiary/aromatic N) is 4. The van der Waals surface area contributed by atoms with Gasteiger partial charge in [0, 0.05) is 55.8 Å². The first-order valence-electron chi connectivity index (χ1n) is 6.79. The predicted molar refractivity (Wildman–Crippen MR) is 84.7 cm³/mol. The Morgan fingerprint density at radius 1 is 1.50 bits per heavy atom. The van der Waals surface area contributed by atoms with Crippen molar-refractivity contribution in [1.82, 2.24) is 19.4 Å². The van der Waals surface area contributed by atoms with Gasteiger partial charge in [0.25, 0.3) is 0 Å². The molecule has 0 bridgehead atoms. The van der Waals surface area contributed by atoms with E-state index in [9.17, 15) is 13.2 Å². The van der Waals surface area contributed by atoms with Crippen molar-refractivity contribution in [3.05, 3.63) is 12.4 Å². The summed E-state index contributed by atoms with van der Waals surface area (Å²) in [5.74, 6) is -0.608. The number of carbonyl (C=O) groups is 1. The SMILES string of the molecule is CC(=O)NS(=O)(=O)N(C[C@@H]1CCCN1C)c1cnn(C)c1.[Na]. The van der Waals surface area contributed by atoms with Crippen LogP contribution in [-0.2, 0) is 22.1 Å². The van der Waals surface area contributed by atoms with Crippen molar-refractivity contribution in [3.8, 4) is 0 Å². The van der Waals surface area contributed by atoms with Crippen LogP contribution in [0.3, 0.4) is 0 Å². The van der Waals surface area contributed by atoms with Gasteiger partial charge in [0.1, 0.15) is 0 Å². The molecule has 1 saturated heterocycles. The van der Waals surface area contributed by atoms with Crippen LogP contribution < -0.4 is 9.03 Å². The molecule has 2 rings (SSSR count). The molecule has 1 aromatic heterocycles. The maximum absolute atomic E-state index is 12.4. The number of hydrogen-bond acceptors (Lipinski definition) is 5. The second kappa shape index (κ2) is 7.78. The Bertz CT molecular complexity index is 618. The van der Waals surface area contributed by atoms with Crippen LogP contribution in [-0.4, -0.2) is 84.7 Å². The van der Waals surface area contributed by atoms with Gasteiger partial charge in [-0.15, -0.1) is 0 Å². The molecule has 2 heterocycles. The molecule has 1 aromatic rings. The number of aromatic nitrogens is 2. The molecule has 8 nitrogen and oxygen atoms in total. The summed E-state index contributed by atoms with van der Waals surface area (Å²) in [7, 11) is -0.225. The Morgan fingerprint density at radius 2 is 2.18 bits per heavy atom. The topological polar surface area (TPSA) is 87.5 Å². The molecule has 22 heavy (non-hydrogen) atoms. The predicted octanol–water partition coefficient (Wildman–Crippen LogP) is -0.679. The van der Waals surface area contributed by atoms with Crippen molar-refractivity contribution in [2.45, 2.75) is 25.8 Å². The molecule has 1 amide bonds. The summed E-state index contributed by atoms with van der Waals surface area (Å²) in [4.78, 5) is 13.3. The molecule has 1 aliphatic rings. The monoisotopic (exact) mass is 338 g/mol. The molecule has 0 unspecified atom stereocenters. The first-order valence-corrected chi connectivity index (χ1v) is 8.23. The van der Waals surface area contributed by atoms with Gasteiger partial charge >= 0.3 is 10.2 Å². The number of nitrogens with one attached hydrogen (secondary N) is 1. The van der Waals surface area contributed by atoms with Crippen LogP contribution in [0.4, 0.5) is 5.69 Å². The fraction of sp³-hybridized carbons (Fsp3) is 0.667. The second-order valence-corrected chi connectivity index (χ2v) is 6.94. The van der Waals surface area contributed by atoms with Gasteiger partial charge in [0.2, 0.25) is 5.91 Å². The Labute approximate surface area is 153 Å². The van der Waals surface area contributed by atoms with E-state index in [1.807, 2.05) is 11.8 Å². The molecule has 1 fully saturated rings. The summed E-state index contributed by atoms with van der Waals surface area (Å²) < 4.78 is 29.5. The van der Waals surface area contributed by atoms with E-state index in [2.05, 4.69) is 10.00 Å². The Balaban J connectivity index is 0.00000242. The van der Waals surface area contributed by atoms with Gasteiger partial charge in [-0.2, -0.15) is 13.5 Å². The van der Waals surface area contributed by atoms with Gasteiger partial charge in [-0.1, -0.05) is 0 Å². The zero-order valence-electron chi connectivity index (χ0n) is 13.5. The third kappa shape index (κ3) is 4.69. The molecule has 1 atom stereocenters. The molecule has 0 spiro atoms. The summed E-state index contributed by atoms with van der Waals surface area (Å²) in [6.45, 7) is 2.43. The maximum atomic E-state index is 12.4. The van der Waals surface area contributed by atoms with Crippen molar-refractivity contribution in [2.75, 3.05) is 24.4 Å². The molecular formula is C12H21N5NaO3S. The summed E-state index contributed by atoms with van der Waals surface area (Å²) in [6, 6.07) is 0.133. The van der Waals surface area contributed by atoms with E-state index < -0.39 is 16.1 Å². The van der Waals surface area contributed by atoms with Gasteiger partial charge in [-0.25, -0.2) is 9.03 Å². The number of hydrogen-bond donors (Lipinski definition) is 1. The quantitative estimate of drug-likeness (QED) is 0.719. The first-order chi connectivity index (χ1) is 9.79. The number of carbonyl (C=O) groups excluding carboxylic acids is 1. The van der Waals surface area contributed by atoms with Gasteiger partial charge in [-0.3, -0.25) is 9.48 Å². The normalized spacial score (nSPS) is 18.8. The number of amides is 1. The van der Waals surface area contributed by atoms with E-state index >= 15 is 0 Å². The van der Waals surface area contributed by atoms with Gasteiger partial charge in [0.15, 0.2) is 0 Å². The average molecular weight is 338 g/mol. The fourth-order valence-corrected chi connectivity index (χ4v) is 3.73. The molecule has 1 radical (unpaired) electrons. The van der Waals surface area contributed by atoms with E-state index in [1.54, 1.807) is 13.2 Å². The summed E-state index contributed by atoms with van der Waals surface area (Å²) in [5, 5.41) is 4.01. The fourth-order valence-electron chi connectivity index (χ4n) is 2.52. The minimum Gasteiger partial charge on any atom is -0.302 e. The minimum absolute atomic E-state index is 0. The van der Waals surface area contributed by atoms with Crippen molar-refractivity contribution in [2.24, 2.45) is 7.05 Å². The number of likely N-dealkylation sites (tertiary alicyclic amines) is 1. The van der Waals surface area contributed by atoms with E-state index in [0.717, 1.165) is 19.4 Å². The number of likely N-dealkylation sites (N-methyl/N-ethyl adjacent to an activating group) is 1. The zero-order chi connectivity index (χ0) is 15.6. The number of aryl methyl sites for hydroxylation is 1. The molecule has 0 aliphatic carbocycles. The molecule has 10 heteroatoms. The van der Waals surface area contributed by atoms with Crippen LogP contribution in [0.2, 0.25) is 0 Å². The van der Waals surface area contributed by atoms with Crippen LogP contribution in [0.1, 0.15) is 19.8 Å². The van der Waals surface area contributed by atoms with Crippen LogP contribution in [0.5, 0.6) is 0 Å². The van der Waals surface area contributed by atoms with Crippen LogP contribution in [0.25, 0.3) is 0 Å². The average Bonchev–Trinajstić information content (AvgIpc) is 2.93. The van der Waals surface area contributed by atoms with E-state index in [-0.39, 0.29) is 35.6 Å². The largest absolute Gasteiger partial charge is 0.326 e. The smallest absolute Gasteiger partial charge is 0.302 e. The molecule has 1 aliphatic heterocycles. The number of anilines is 1. The van der Waals surface area contributed by atoms with Crippen molar-refractivity contribution in [3.63, 3.8) is 0 Å². The van der Waals surface area contributed by atoms with E-state index in [1.165, 1.54) is 22.1 Å². The third-order valence-corrected chi connectivity index (χ3v) is 5.08. The van der Waals surface area contributed by atoms with Crippen molar-refractivity contribution < 1.29 is 13.2 Å². The maximum Gasteiger partial charge on any atom is 0.326 e. The van der Waals surface area contributed by atoms with Crippen molar-refractivity contribution >= 4 is 51.4 Å². The van der Waals surface area contributed by atoms with Crippen LogP contribution in [0.15, 0.2) is 12.4 Å². The molecule has 0 saturated carbocycles. The Hall–Kier alpha value is -0.610. The van der Waals surface area contributed by atoms with Crippen LogP contribution >= 0.6 is 0 Å². The Kier molecular flexibility index (Phi) is 6.87. The third-order valence-electron chi connectivity index (χ3n) is 3.59. The van der Waals surface area contributed by atoms with Crippen LogP contribution in [0, 0.1) is 0 Å². The van der Waals surface area contributed by atoms with E-state index in [0.29, 0.717) is 12.2 Å². The van der Waals surface area contributed by atoms with Gasteiger partial charge in [-0.05, 0) is 26.4 Å². The molecule has 119 valence electrons. The molecule has 0 aromatic carbocycles. The minimum atomic E-state index is -3.92. The summed E-state index contributed by atoms with van der Waals surface area (Å²) in [6.07, 6.45) is 5.08. The van der Waals surface area contributed by atoms with Gasteiger partial charge in [0.05, 0.1) is 18.4 Å². The van der Waals surface area contributed by atoms with E-state index in [4.69, 9.17) is 0 Å². The summed E-state index contributed by atoms with van der Waals surface area (Å²) in [5.41, 5.74) is 0.451. The Morgan fingerprint density at radius 3 is 2.64 bits per heavy atom. The zero-order valence-corrected chi connectivity index (χ0v) is 16.3. The van der Waals surface area contributed by atoms with Gasteiger partial charge < -0.3 is 4.90 Å².